The summed E-state index contributed by atoms with van der Waals surface area (Å²) in [5, 5.41) is 1.52. The van der Waals surface area contributed by atoms with Crippen LogP contribution in [0.5, 0.6) is 0 Å². The average Bonchev–Trinajstić information content (AvgIpc) is 3.02. The molecule has 2 saturated heterocycles. The number of carbonyl (C=O) groups is 5. The second kappa shape index (κ2) is 7.18. The molecule has 2 aliphatic rings. The molecule has 130 valence electrons. The summed E-state index contributed by atoms with van der Waals surface area (Å²) in [7, 11) is 0. The fraction of sp³-hybridized carbons (Fsp3) is 0.214. The summed E-state index contributed by atoms with van der Waals surface area (Å²) >= 11 is 4.60. The van der Waals surface area contributed by atoms with Gasteiger partial charge in [0.2, 0.25) is 17.7 Å². The van der Waals surface area contributed by atoms with E-state index in [-0.39, 0.29) is 0 Å². The highest BCUT2D eigenvalue weighted by atomic mass is 79.9. The van der Waals surface area contributed by atoms with Gasteiger partial charge in [-0.15, -0.1) is 0 Å². The molecule has 25 heavy (non-hydrogen) atoms. The largest absolute Gasteiger partial charge is 0.325 e. The highest BCUT2D eigenvalue weighted by molar-refractivity contribution is 9.10. The van der Waals surface area contributed by atoms with E-state index in [1.807, 2.05) is 0 Å². The lowest BCUT2D eigenvalue weighted by Crippen LogP contribution is -2.42. The number of imide groups is 2. The Morgan fingerprint density at radius 2 is 1.80 bits per heavy atom. The number of nitrogens with one attached hydrogen (secondary N) is 2. The third-order valence-corrected chi connectivity index (χ3v) is 6.29. The van der Waals surface area contributed by atoms with Gasteiger partial charge in [-0.1, -0.05) is 15.9 Å². The summed E-state index contributed by atoms with van der Waals surface area (Å²) in [6.07, 6.45) is 0. The lowest BCUT2D eigenvalue weighted by molar-refractivity contribution is -0.131. The van der Waals surface area contributed by atoms with Gasteiger partial charge in [0.05, 0.1) is 0 Å². The maximum atomic E-state index is 12.4. The normalized spacial score (nSPS) is 23.2. The van der Waals surface area contributed by atoms with Gasteiger partial charge in [-0.2, -0.15) is 0 Å². The fourth-order valence-electron chi connectivity index (χ4n) is 2.25. The Labute approximate surface area is 158 Å². The molecule has 8 nitrogen and oxygen atoms in total. The molecular formula is C14H10BrN3O5S2. The van der Waals surface area contributed by atoms with Gasteiger partial charge in [0.1, 0.15) is 17.0 Å². The van der Waals surface area contributed by atoms with Gasteiger partial charge in [-0.3, -0.25) is 34.2 Å². The van der Waals surface area contributed by atoms with E-state index < -0.39 is 45.2 Å². The van der Waals surface area contributed by atoms with Crippen LogP contribution < -0.4 is 10.6 Å². The molecule has 0 spiro atoms. The van der Waals surface area contributed by atoms with E-state index in [4.69, 9.17) is 0 Å². The van der Waals surface area contributed by atoms with E-state index in [2.05, 4.69) is 26.6 Å². The maximum absolute atomic E-state index is 12.4. The lowest BCUT2D eigenvalue weighted by atomic mass is 10.2. The highest BCUT2D eigenvalue weighted by Gasteiger charge is 2.50. The Kier molecular flexibility index (Phi) is 5.16. The number of benzene rings is 1. The number of amides is 5. The maximum Gasteiger partial charge on any atom is 0.289 e. The molecule has 0 bridgehead atoms. The number of thioether (sulfide) groups is 2. The molecule has 2 atom stereocenters. The molecule has 11 heteroatoms. The third-order valence-electron chi connectivity index (χ3n) is 3.38. The van der Waals surface area contributed by atoms with Crippen LogP contribution in [0.2, 0.25) is 0 Å². The van der Waals surface area contributed by atoms with Crippen LogP contribution in [0, 0.1) is 0 Å². The molecule has 0 aliphatic carbocycles. The molecule has 2 fully saturated rings. The smallest absolute Gasteiger partial charge is 0.289 e. The van der Waals surface area contributed by atoms with Crippen molar-refractivity contribution >= 4 is 73.3 Å². The third kappa shape index (κ3) is 3.88. The number of anilines is 1. The predicted molar refractivity (Wildman–Crippen MR) is 96.2 cm³/mol. The van der Waals surface area contributed by atoms with Crippen molar-refractivity contribution in [3.63, 3.8) is 0 Å². The topological polar surface area (TPSA) is 113 Å². The Bertz CT molecular complexity index is 785. The number of hydrogen-bond donors (Lipinski definition) is 2. The van der Waals surface area contributed by atoms with E-state index in [9.17, 15) is 24.0 Å². The van der Waals surface area contributed by atoms with Crippen LogP contribution in [-0.4, -0.2) is 50.1 Å². The molecule has 0 radical (unpaired) electrons. The number of nitrogens with zero attached hydrogens (tertiary/aromatic N) is 1. The van der Waals surface area contributed by atoms with Gasteiger partial charge in [0, 0.05) is 10.2 Å². The molecule has 2 N–H and O–H groups in total. The first kappa shape index (κ1) is 18.0. The number of halogens is 1. The molecule has 0 saturated carbocycles. The lowest BCUT2D eigenvalue weighted by Gasteiger charge is -2.15. The van der Waals surface area contributed by atoms with E-state index in [0.29, 0.717) is 29.2 Å². The second-order valence-electron chi connectivity index (χ2n) is 5.10. The zero-order chi connectivity index (χ0) is 18.1. The minimum Gasteiger partial charge on any atom is -0.325 e. The van der Waals surface area contributed by atoms with Crippen LogP contribution in [0.1, 0.15) is 0 Å². The quantitative estimate of drug-likeness (QED) is 0.728. The predicted octanol–water partition coefficient (Wildman–Crippen LogP) is 1.80. The molecule has 1 aromatic rings. The van der Waals surface area contributed by atoms with Crippen molar-refractivity contribution in [2.45, 2.75) is 10.5 Å². The van der Waals surface area contributed by atoms with Gasteiger partial charge in [0.15, 0.2) is 0 Å². The molecule has 0 unspecified atom stereocenters. The Morgan fingerprint density at radius 1 is 1.12 bits per heavy atom. The summed E-state index contributed by atoms with van der Waals surface area (Å²) in [6, 6.07) is 6.80. The molecule has 0 aromatic heterocycles. The van der Waals surface area contributed by atoms with Gasteiger partial charge < -0.3 is 5.32 Å². The van der Waals surface area contributed by atoms with Crippen molar-refractivity contribution in [1.29, 1.82) is 0 Å². The van der Waals surface area contributed by atoms with Gasteiger partial charge in [-0.05, 0) is 47.8 Å². The molecule has 5 amide bonds. The van der Waals surface area contributed by atoms with E-state index in [1.54, 1.807) is 24.3 Å². The first-order chi connectivity index (χ1) is 11.8. The zero-order valence-electron chi connectivity index (χ0n) is 12.4. The minimum absolute atomic E-state index is 0.454. The summed E-state index contributed by atoms with van der Waals surface area (Å²) in [5.74, 6) is -1.79. The second-order valence-corrected chi connectivity index (χ2v) is 8.22. The molecule has 2 aliphatic heterocycles. The SMILES string of the molecule is O=C(CN1C(=O)S[C@@H]([C@H]2SC(=O)NC2=O)C1=O)Nc1ccc(Br)cc1. The van der Waals surface area contributed by atoms with Crippen LogP contribution >= 0.6 is 39.5 Å². The Balaban J connectivity index is 1.64. The molecular weight excluding hydrogens is 434 g/mol. The number of rotatable bonds is 4. The van der Waals surface area contributed by atoms with Crippen LogP contribution in [-0.2, 0) is 14.4 Å². The number of carbonyl (C=O) groups excluding carboxylic acids is 5. The van der Waals surface area contributed by atoms with Crippen molar-refractivity contribution in [3.8, 4) is 0 Å². The van der Waals surface area contributed by atoms with E-state index in [1.165, 1.54) is 0 Å². The summed E-state index contributed by atoms with van der Waals surface area (Å²) in [4.78, 5) is 60.2. The van der Waals surface area contributed by atoms with Crippen LogP contribution in [0.25, 0.3) is 0 Å². The molecule has 1 aromatic carbocycles. The van der Waals surface area contributed by atoms with E-state index in [0.717, 1.165) is 9.37 Å². The summed E-state index contributed by atoms with van der Waals surface area (Å²) in [5.41, 5.74) is 0.521. The number of hydrogen-bond acceptors (Lipinski definition) is 7. The van der Waals surface area contributed by atoms with Crippen LogP contribution in [0.4, 0.5) is 15.3 Å². The van der Waals surface area contributed by atoms with Gasteiger partial charge in [-0.25, -0.2) is 0 Å². The highest BCUT2D eigenvalue weighted by Crippen LogP contribution is 2.36. The Hall–Kier alpha value is -1.85. The van der Waals surface area contributed by atoms with Crippen LogP contribution in [0.3, 0.4) is 0 Å². The minimum atomic E-state index is -1.01. The van der Waals surface area contributed by atoms with E-state index >= 15 is 0 Å². The van der Waals surface area contributed by atoms with Crippen molar-refractivity contribution in [3.05, 3.63) is 28.7 Å². The molecule has 2 heterocycles. The summed E-state index contributed by atoms with van der Waals surface area (Å²) in [6.45, 7) is -0.454. The average molecular weight is 444 g/mol. The molecule has 3 rings (SSSR count). The fourth-order valence-corrected chi connectivity index (χ4v) is 4.61. The first-order valence-corrected chi connectivity index (χ1v) is 9.49. The van der Waals surface area contributed by atoms with Crippen molar-refractivity contribution in [2.75, 3.05) is 11.9 Å². The standard InChI is InChI=1S/C14H10BrN3O5S2/c15-6-1-3-7(4-2-6)16-8(19)5-18-12(21)10(25-14(18)23)9-11(20)17-13(22)24-9/h1-4,9-10H,5H2,(H,16,19)(H,17,20,22)/t9-,10+/m1/s1. The van der Waals surface area contributed by atoms with Gasteiger partial charge >= 0.3 is 0 Å². The van der Waals surface area contributed by atoms with Crippen molar-refractivity contribution in [2.24, 2.45) is 0 Å². The van der Waals surface area contributed by atoms with Crippen molar-refractivity contribution in [1.82, 2.24) is 10.2 Å². The summed E-state index contributed by atoms with van der Waals surface area (Å²) < 4.78 is 0.844. The zero-order valence-corrected chi connectivity index (χ0v) is 15.6. The Morgan fingerprint density at radius 3 is 2.40 bits per heavy atom. The first-order valence-electron chi connectivity index (χ1n) is 6.94. The van der Waals surface area contributed by atoms with Crippen molar-refractivity contribution < 1.29 is 24.0 Å². The van der Waals surface area contributed by atoms with Gasteiger partial charge in [0.25, 0.3) is 10.5 Å². The van der Waals surface area contributed by atoms with Crippen LogP contribution in [0.15, 0.2) is 28.7 Å². The monoisotopic (exact) mass is 443 g/mol.